The number of carboxylic acid groups (broad SMARTS) is 1. The van der Waals surface area contributed by atoms with E-state index in [0.717, 1.165) is 24.7 Å². The van der Waals surface area contributed by atoms with E-state index in [1.165, 1.54) is 0 Å². The summed E-state index contributed by atoms with van der Waals surface area (Å²) in [6, 6.07) is 7.24. The summed E-state index contributed by atoms with van der Waals surface area (Å²) in [5, 5.41) is 9.40. The summed E-state index contributed by atoms with van der Waals surface area (Å²) >= 11 is 0. The highest BCUT2D eigenvalue weighted by Crippen LogP contribution is 2.34. The van der Waals surface area contributed by atoms with Crippen LogP contribution in [0.5, 0.6) is 5.75 Å². The zero-order chi connectivity index (χ0) is 16.9. The Kier molecular flexibility index (Phi) is 5.64. The summed E-state index contributed by atoms with van der Waals surface area (Å²) in [7, 11) is -3.39. The van der Waals surface area contributed by atoms with E-state index in [-0.39, 0.29) is 6.61 Å². The number of carbonyl (C=O) groups is 1. The Morgan fingerprint density at radius 2 is 1.83 bits per heavy atom. The van der Waals surface area contributed by atoms with Crippen molar-refractivity contribution in [1.29, 1.82) is 0 Å². The molecule has 0 spiro atoms. The van der Waals surface area contributed by atoms with Gasteiger partial charge in [0.1, 0.15) is 5.75 Å². The Balaban J connectivity index is 1.88. The van der Waals surface area contributed by atoms with E-state index in [1.807, 2.05) is 12.1 Å². The van der Waals surface area contributed by atoms with Crippen molar-refractivity contribution < 1.29 is 27.2 Å². The fourth-order valence-electron chi connectivity index (χ4n) is 2.74. The highest BCUT2D eigenvalue weighted by molar-refractivity contribution is 7.85. The van der Waals surface area contributed by atoms with Crippen LogP contribution in [0, 0.1) is 0 Å². The normalized spacial score (nSPS) is 17.1. The minimum absolute atomic E-state index is 0.152. The first-order valence-corrected chi connectivity index (χ1v) is 9.48. The number of aryl methyl sites for hydroxylation is 1. The average Bonchev–Trinajstić information content (AvgIpc) is 2.94. The van der Waals surface area contributed by atoms with E-state index in [9.17, 15) is 18.3 Å². The molecule has 0 aromatic heterocycles. The number of benzene rings is 1. The van der Waals surface area contributed by atoms with Crippen molar-refractivity contribution in [3.8, 4) is 5.75 Å². The summed E-state index contributed by atoms with van der Waals surface area (Å²) in [6.07, 6.45) is 5.10. The van der Waals surface area contributed by atoms with Gasteiger partial charge in [-0.15, -0.1) is 0 Å². The second-order valence-corrected chi connectivity index (χ2v) is 7.53. The third-order valence-electron chi connectivity index (χ3n) is 3.94. The minimum atomic E-state index is -3.39. The molecular formula is C16H22O6S. The van der Waals surface area contributed by atoms with Gasteiger partial charge in [-0.25, -0.2) is 4.79 Å². The van der Waals surface area contributed by atoms with Crippen LogP contribution in [0.2, 0.25) is 0 Å². The summed E-state index contributed by atoms with van der Waals surface area (Å²) in [6.45, 7) is 0.152. The van der Waals surface area contributed by atoms with Crippen LogP contribution in [0.4, 0.5) is 0 Å². The SMILES string of the molecule is CS(=O)(=O)OCCCc1ccc(OC2(C(=O)O)CCCC2)cc1. The molecule has 128 valence electrons. The molecule has 1 aliphatic carbocycles. The fourth-order valence-corrected chi connectivity index (χ4v) is 3.16. The molecular weight excluding hydrogens is 320 g/mol. The standard InChI is InChI=1S/C16H22O6S/c1-23(19,20)21-12-4-5-13-6-8-14(9-7-13)22-16(15(17)18)10-2-3-11-16/h6-9H,2-5,10-12H2,1H3,(H,17,18). The molecule has 0 amide bonds. The van der Waals surface area contributed by atoms with Gasteiger partial charge in [0, 0.05) is 0 Å². The topological polar surface area (TPSA) is 89.9 Å². The second-order valence-electron chi connectivity index (χ2n) is 5.88. The Morgan fingerprint density at radius 1 is 1.22 bits per heavy atom. The van der Waals surface area contributed by atoms with E-state index in [0.29, 0.717) is 31.4 Å². The third-order valence-corrected chi connectivity index (χ3v) is 4.54. The van der Waals surface area contributed by atoms with Crippen LogP contribution in [0.15, 0.2) is 24.3 Å². The van der Waals surface area contributed by atoms with Gasteiger partial charge < -0.3 is 9.84 Å². The van der Waals surface area contributed by atoms with Gasteiger partial charge in [-0.2, -0.15) is 8.42 Å². The maximum atomic E-state index is 11.5. The van der Waals surface area contributed by atoms with Crippen LogP contribution in [0.1, 0.15) is 37.7 Å². The Hall–Kier alpha value is -1.60. The van der Waals surface area contributed by atoms with Crippen LogP contribution in [0.25, 0.3) is 0 Å². The lowest BCUT2D eigenvalue weighted by molar-refractivity contribution is -0.154. The molecule has 0 radical (unpaired) electrons. The molecule has 1 N–H and O–H groups in total. The molecule has 7 heteroatoms. The zero-order valence-corrected chi connectivity index (χ0v) is 14.0. The molecule has 1 aliphatic rings. The number of aliphatic carboxylic acids is 1. The fraction of sp³-hybridized carbons (Fsp3) is 0.562. The Labute approximate surface area is 136 Å². The van der Waals surface area contributed by atoms with Crippen molar-refractivity contribution in [3.05, 3.63) is 29.8 Å². The van der Waals surface area contributed by atoms with Crippen molar-refractivity contribution >= 4 is 16.1 Å². The molecule has 1 aromatic carbocycles. The third kappa shape index (κ3) is 5.21. The molecule has 0 atom stereocenters. The van der Waals surface area contributed by atoms with Crippen molar-refractivity contribution in [1.82, 2.24) is 0 Å². The van der Waals surface area contributed by atoms with E-state index in [4.69, 9.17) is 4.74 Å². The molecule has 23 heavy (non-hydrogen) atoms. The van der Waals surface area contributed by atoms with Gasteiger partial charge >= 0.3 is 5.97 Å². The van der Waals surface area contributed by atoms with E-state index in [2.05, 4.69) is 4.18 Å². The van der Waals surface area contributed by atoms with Gasteiger partial charge in [0.05, 0.1) is 12.9 Å². The van der Waals surface area contributed by atoms with E-state index in [1.54, 1.807) is 12.1 Å². The first-order valence-electron chi connectivity index (χ1n) is 7.66. The maximum absolute atomic E-state index is 11.5. The number of rotatable bonds is 8. The van der Waals surface area contributed by atoms with Crippen molar-refractivity contribution in [2.24, 2.45) is 0 Å². The summed E-state index contributed by atoms with van der Waals surface area (Å²) in [5.41, 5.74) is -0.0737. The van der Waals surface area contributed by atoms with Crippen molar-refractivity contribution in [3.63, 3.8) is 0 Å². The highest BCUT2D eigenvalue weighted by atomic mass is 32.2. The van der Waals surface area contributed by atoms with Gasteiger partial charge in [0.15, 0.2) is 0 Å². The minimum Gasteiger partial charge on any atom is -0.478 e. The van der Waals surface area contributed by atoms with Crippen molar-refractivity contribution in [2.45, 2.75) is 44.1 Å². The smallest absolute Gasteiger partial charge is 0.348 e. The predicted molar refractivity (Wildman–Crippen MR) is 85.0 cm³/mol. The summed E-state index contributed by atoms with van der Waals surface area (Å²) in [4.78, 5) is 11.5. The molecule has 0 bridgehead atoms. The van der Waals surface area contributed by atoms with Crippen LogP contribution in [-0.2, 0) is 25.5 Å². The van der Waals surface area contributed by atoms with Crippen LogP contribution < -0.4 is 4.74 Å². The molecule has 0 unspecified atom stereocenters. The second kappa shape index (κ2) is 7.31. The average molecular weight is 342 g/mol. The summed E-state index contributed by atoms with van der Waals surface area (Å²) < 4.78 is 32.1. The quantitative estimate of drug-likeness (QED) is 0.576. The number of ether oxygens (including phenoxy) is 1. The number of hydrogen-bond donors (Lipinski definition) is 1. The maximum Gasteiger partial charge on any atom is 0.348 e. The first-order chi connectivity index (χ1) is 10.8. The van der Waals surface area contributed by atoms with Gasteiger partial charge in [-0.3, -0.25) is 4.18 Å². The zero-order valence-electron chi connectivity index (χ0n) is 13.2. The molecule has 2 rings (SSSR count). The van der Waals surface area contributed by atoms with E-state index < -0.39 is 21.7 Å². The lowest BCUT2D eigenvalue weighted by Crippen LogP contribution is -2.41. The largest absolute Gasteiger partial charge is 0.478 e. The molecule has 1 aromatic rings. The molecule has 1 saturated carbocycles. The molecule has 6 nitrogen and oxygen atoms in total. The predicted octanol–water partition coefficient (Wildman–Crippen LogP) is 2.37. The molecule has 0 aliphatic heterocycles. The van der Waals surface area contributed by atoms with Gasteiger partial charge in [0.2, 0.25) is 5.60 Å². The highest BCUT2D eigenvalue weighted by Gasteiger charge is 2.43. The van der Waals surface area contributed by atoms with Gasteiger partial charge in [-0.05, 0) is 56.2 Å². The monoisotopic (exact) mass is 342 g/mol. The number of hydrogen-bond acceptors (Lipinski definition) is 5. The number of carboxylic acids is 1. The Bertz CT molecular complexity index is 629. The summed E-state index contributed by atoms with van der Waals surface area (Å²) in [5.74, 6) is -0.359. The molecule has 1 fully saturated rings. The Morgan fingerprint density at radius 3 is 2.35 bits per heavy atom. The van der Waals surface area contributed by atoms with Gasteiger partial charge in [-0.1, -0.05) is 12.1 Å². The lowest BCUT2D eigenvalue weighted by atomic mass is 10.0. The van der Waals surface area contributed by atoms with Crippen LogP contribution in [0.3, 0.4) is 0 Å². The van der Waals surface area contributed by atoms with Gasteiger partial charge in [0.25, 0.3) is 10.1 Å². The van der Waals surface area contributed by atoms with Crippen molar-refractivity contribution in [2.75, 3.05) is 12.9 Å². The molecule has 0 heterocycles. The van der Waals surface area contributed by atoms with E-state index >= 15 is 0 Å². The molecule has 0 saturated heterocycles. The van der Waals surface area contributed by atoms with Crippen LogP contribution >= 0.6 is 0 Å². The first kappa shape index (κ1) is 17.7. The van der Waals surface area contributed by atoms with Crippen LogP contribution in [-0.4, -0.2) is 38.0 Å². The lowest BCUT2D eigenvalue weighted by Gasteiger charge is -2.25.